The zero-order chi connectivity index (χ0) is 6.53. The van der Waals surface area contributed by atoms with E-state index in [0.717, 1.165) is 12.8 Å². The minimum Gasteiger partial charge on any atom is -0.290 e. The van der Waals surface area contributed by atoms with Crippen LogP contribution in [-0.2, 0) is 0 Å². The van der Waals surface area contributed by atoms with Gasteiger partial charge in [-0.3, -0.25) is 4.99 Å². The molecule has 0 amide bonds. The average Bonchev–Trinajstić information content (AvgIpc) is 2.13. The molecule has 0 aliphatic carbocycles. The van der Waals surface area contributed by atoms with Crippen LogP contribution in [0, 0.1) is 0 Å². The molecule has 1 aliphatic heterocycles. The van der Waals surface area contributed by atoms with Crippen LogP contribution >= 0.6 is 0 Å². The molecule has 1 heteroatoms. The molecule has 9 heavy (non-hydrogen) atoms. The Morgan fingerprint density at radius 1 is 1.56 bits per heavy atom. The molecule has 0 spiro atoms. The topological polar surface area (TPSA) is 12.4 Å². The van der Waals surface area contributed by atoms with Gasteiger partial charge in [-0.1, -0.05) is 19.1 Å². The molecule has 1 nitrogen and oxygen atoms in total. The Bertz CT molecular complexity index is 111. The minimum atomic E-state index is 0.465. The van der Waals surface area contributed by atoms with Crippen molar-refractivity contribution >= 4 is 6.21 Å². The standard InChI is InChI=1S/C8H13N/c1-2-8-6-4-3-5-7-9-8/h4,6-8H,2-3,5H2,1H3. The fraction of sp³-hybridized carbons (Fsp3) is 0.625. The maximum Gasteiger partial charge on any atom is 0.0673 e. The van der Waals surface area contributed by atoms with E-state index in [1.54, 1.807) is 0 Å². The van der Waals surface area contributed by atoms with Crippen molar-refractivity contribution in [2.75, 3.05) is 0 Å². The van der Waals surface area contributed by atoms with Gasteiger partial charge in [0.25, 0.3) is 0 Å². The molecule has 0 saturated carbocycles. The molecule has 1 rings (SSSR count). The van der Waals surface area contributed by atoms with Gasteiger partial charge in [-0.05, 0) is 25.5 Å². The summed E-state index contributed by atoms with van der Waals surface area (Å²) in [7, 11) is 0. The number of hydrogen-bond donors (Lipinski definition) is 0. The normalized spacial score (nSPS) is 26.1. The molecule has 0 N–H and O–H groups in total. The fourth-order valence-electron chi connectivity index (χ4n) is 0.925. The first kappa shape index (κ1) is 6.53. The second kappa shape index (κ2) is 3.44. The summed E-state index contributed by atoms with van der Waals surface area (Å²) >= 11 is 0. The SMILES string of the molecule is CCC1C=CCCC=N1. The van der Waals surface area contributed by atoms with Crippen molar-refractivity contribution in [3.8, 4) is 0 Å². The van der Waals surface area contributed by atoms with E-state index in [4.69, 9.17) is 0 Å². The molecule has 1 aliphatic rings. The predicted molar refractivity (Wildman–Crippen MR) is 40.9 cm³/mol. The molecule has 0 bridgehead atoms. The van der Waals surface area contributed by atoms with Crippen molar-refractivity contribution in [3.63, 3.8) is 0 Å². The summed E-state index contributed by atoms with van der Waals surface area (Å²) < 4.78 is 0. The van der Waals surface area contributed by atoms with Crippen molar-refractivity contribution in [2.45, 2.75) is 32.2 Å². The zero-order valence-corrected chi connectivity index (χ0v) is 5.88. The van der Waals surface area contributed by atoms with E-state index >= 15 is 0 Å². The summed E-state index contributed by atoms with van der Waals surface area (Å²) in [5.41, 5.74) is 0. The Hall–Kier alpha value is -0.590. The number of rotatable bonds is 1. The van der Waals surface area contributed by atoms with Crippen LogP contribution in [0.4, 0.5) is 0 Å². The van der Waals surface area contributed by atoms with Gasteiger partial charge in [0.1, 0.15) is 0 Å². The van der Waals surface area contributed by atoms with E-state index < -0.39 is 0 Å². The van der Waals surface area contributed by atoms with E-state index in [1.165, 1.54) is 6.42 Å². The van der Waals surface area contributed by atoms with Gasteiger partial charge in [0.2, 0.25) is 0 Å². The van der Waals surface area contributed by atoms with Gasteiger partial charge in [0.15, 0.2) is 0 Å². The number of hydrogen-bond acceptors (Lipinski definition) is 1. The van der Waals surface area contributed by atoms with Crippen LogP contribution in [0.25, 0.3) is 0 Å². The summed E-state index contributed by atoms with van der Waals surface area (Å²) in [6.45, 7) is 2.16. The Labute approximate surface area is 56.5 Å². The Morgan fingerprint density at radius 2 is 2.44 bits per heavy atom. The lowest BCUT2D eigenvalue weighted by atomic mass is 10.2. The van der Waals surface area contributed by atoms with Crippen molar-refractivity contribution in [1.29, 1.82) is 0 Å². The van der Waals surface area contributed by atoms with Crippen molar-refractivity contribution in [3.05, 3.63) is 12.2 Å². The molecule has 1 atom stereocenters. The van der Waals surface area contributed by atoms with Gasteiger partial charge in [0, 0.05) is 0 Å². The van der Waals surface area contributed by atoms with E-state index in [-0.39, 0.29) is 0 Å². The van der Waals surface area contributed by atoms with E-state index in [0.29, 0.717) is 6.04 Å². The maximum atomic E-state index is 4.33. The summed E-state index contributed by atoms with van der Waals surface area (Å²) in [6.07, 6.45) is 9.87. The van der Waals surface area contributed by atoms with Gasteiger partial charge in [-0.25, -0.2) is 0 Å². The van der Waals surface area contributed by atoms with Gasteiger partial charge in [0.05, 0.1) is 6.04 Å². The molecule has 0 aromatic carbocycles. The van der Waals surface area contributed by atoms with Crippen molar-refractivity contribution < 1.29 is 0 Å². The molecular weight excluding hydrogens is 110 g/mol. The highest BCUT2D eigenvalue weighted by Crippen LogP contribution is 2.04. The highest BCUT2D eigenvalue weighted by atomic mass is 14.8. The average molecular weight is 123 g/mol. The highest BCUT2D eigenvalue weighted by molar-refractivity contribution is 5.58. The molecular formula is C8H13N. The molecule has 50 valence electrons. The Kier molecular flexibility index (Phi) is 2.49. The van der Waals surface area contributed by atoms with E-state index in [1.807, 2.05) is 6.21 Å². The molecule has 1 heterocycles. The van der Waals surface area contributed by atoms with Crippen LogP contribution in [-0.4, -0.2) is 12.3 Å². The molecule has 0 aromatic heterocycles. The second-order valence-electron chi connectivity index (χ2n) is 2.31. The predicted octanol–water partition coefficient (Wildman–Crippen LogP) is 2.19. The Balaban J connectivity index is 2.48. The van der Waals surface area contributed by atoms with E-state index in [2.05, 4.69) is 24.1 Å². The van der Waals surface area contributed by atoms with Gasteiger partial charge in [-0.2, -0.15) is 0 Å². The van der Waals surface area contributed by atoms with Crippen LogP contribution in [0.1, 0.15) is 26.2 Å². The van der Waals surface area contributed by atoms with Crippen LogP contribution in [0.5, 0.6) is 0 Å². The molecule has 1 unspecified atom stereocenters. The third-order valence-electron chi connectivity index (χ3n) is 1.54. The molecule has 0 aromatic rings. The van der Waals surface area contributed by atoms with Crippen LogP contribution in [0.2, 0.25) is 0 Å². The lowest BCUT2D eigenvalue weighted by molar-refractivity contribution is 0.789. The Morgan fingerprint density at radius 3 is 3.22 bits per heavy atom. The first-order chi connectivity index (χ1) is 4.43. The number of allylic oxidation sites excluding steroid dienone is 1. The lowest BCUT2D eigenvalue weighted by Crippen LogP contribution is -1.95. The highest BCUT2D eigenvalue weighted by Gasteiger charge is 1.97. The number of aliphatic imine (C=N–C) groups is 1. The molecule has 0 radical (unpaired) electrons. The summed E-state index contributed by atoms with van der Waals surface area (Å²) in [5, 5.41) is 0. The van der Waals surface area contributed by atoms with Crippen LogP contribution < -0.4 is 0 Å². The molecule has 0 fully saturated rings. The number of nitrogens with zero attached hydrogens (tertiary/aromatic N) is 1. The van der Waals surface area contributed by atoms with Gasteiger partial charge >= 0.3 is 0 Å². The summed E-state index contributed by atoms with van der Waals surface area (Å²) in [6, 6.07) is 0.465. The summed E-state index contributed by atoms with van der Waals surface area (Å²) in [5.74, 6) is 0. The quantitative estimate of drug-likeness (QED) is 0.474. The first-order valence-electron chi connectivity index (χ1n) is 3.61. The fourth-order valence-corrected chi connectivity index (χ4v) is 0.925. The maximum absolute atomic E-state index is 4.33. The third-order valence-corrected chi connectivity index (χ3v) is 1.54. The lowest BCUT2D eigenvalue weighted by Gasteiger charge is -1.98. The monoisotopic (exact) mass is 123 g/mol. The van der Waals surface area contributed by atoms with E-state index in [9.17, 15) is 0 Å². The second-order valence-corrected chi connectivity index (χ2v) is 2.31. The van der Waals surface area contributed by atoms with Crippen molar-refractivity contribution in [2.24, 2.45) is 4.99 Å². The largest absolute Gasteiger partial charge is 0.290 e. The minimum absolute atomic E-state index is 0.465. The van der Waals surface area contributed by atoms with Gasteiger partial charge in [-0.15, -0.1) is 0 Å². The smallest absolute Gasteiger partial charge is 0.0673 e. The van der Waals surface area contributed by atoms with Crippen LogP contribution in [0.15, 0.2) is 17.1 Å². The summed E-state index contributed by atoms with van der Waals surface area (Å²) in [4.78, 5) is 4.33. The molecule has 0 saturated heterocycles. The third kappa shape index (κ3) is 2.00. The van der Waals surface area contributed by atoms with Crippen LogP contribution in [0.3, 0.4) is 0 Å². The first-order valence-corrected chi connectivity index (χ1v) is 3.61. The zero-order valence-electron chi connectivity index (χ0n) is 5.88. The van der Waals surface area contributed by atoms with Crippen molar-refractivity contribution in [1.82, 2.24) is 0 Å². The van der Waals surface area contributed by atoms with Gasteiger partial charge < -0.3 is 0 Å².